The van der Waals surface area contributed by atoms with Crippen LogP contribution in [0.5, 0.6) is 5.75 Å². The SMILES string of the molecule is CCc1cc(CC(N)c2ccc(Cl)cc2OC)n(CC)n1. The van der Waals surface area contributed by atoms with Crippen LogP contribution in [-0.4, -0.2) is 16.9 Å². The van der Waals surface area contributed by atoms with Gasteiger partial charge in [-0.15, -0.1) is 0 Å². The van der Waals surface area contributed by atoms with Crippen LogP contribution in [0.1, 0.15) is 36.8 Å². The molecule has 0 amide bonds. The Morgan fingerprint density at radius 1 is 1.33 bits per heavy atom. The summed E-state index contributed by atoms with van der Waals surface area (Å²) in [6, 6.07) is 7.55. The average Bonchev–Trinajstić information content (AvgIpc) is 2.89. The highest BCUT2D eigenvalue weighted by molar-refractivity contribution is 6.30. The van der Waals surface area contributed by atoms with Crippen molar-refractivity contribution in [2.75, 3.05) is 7.11 Å². The number of nitrogens with zero attached hydrogens (tertiary/aromatic N) is 2. The van der Waals surface area contributed by atoms with Crippen LogP contribution < -0.4 is 10.5 Å². The van der Waals surface area contributed by atoms with Gasteiger partial charge in [0.2, 0.25) is 0 Å². The van der Waals surface area contributed by atoms with Gasteiger partial charge in [0.15, 0.2) is 0 Å². The number of hydrogen-bond donors (Lipinski definition) is 1. The highest BCUT2D eigenvalue weighted by atomic mass is 35.5. The van der Waals surface area contributed by atoms with Crippen molar-refractivity contribution in [3.05, 3.63) is 46.2 Å². The van der Waals surface area contributed by atoms with Gasteiger partial charge in [-0.1, -0.05) is 24.6 Å². The third kappa shape index (κ3) is 3.57. The molecule has 0 saturated carbocycles. The van der Waals surface area contributed by atoms with Gasteiger partial charge in [0.25, 0.3) is 0 Å². The predicted molar refractivity (Wildman–Crippen MR) is 85.9 cm³/mol. The Balaban J connectivity index is 2.25. The number of hydrogen-bond acceptors (Lipinski definition) is 3. The van der Waals surface area contributed by atoms with E-state index in [4.69, 9.17) is 22.1 Å². The number of methoxy groups -OCH3 is 1. The van der Waals surface area contributed by atoms with Gasteiger partial charge in [0.05, 0.1) is 12.8 Å². The summed E-state index contributed by atoms with van der Waals surface area (Å²) >= 11 is 6.00. The lowest BCUT2D eigenvalue weighted by Crippen LogP contribution is -2.17. The molecule has 0 saturated heterocycles. The predicted octanol–water partition coefficient (Wildman–Crippen LogP) is 3.37. The fourth-order valence-corrected chi connectivity index (χ4v) is 2.61. The summed E-state index contributed by atoms with van der Waals surface area (Å²) in [4.78, 5) is 0. The van der Waals surface area contributed by atoms with Crippen LogP contribution >= 0.6 is 11.6 Å². The van der Waals surface area contributed by atoms with E-state index in [1.165, 1.54) is 0 Å². The third-order valence-corrected chi connectivity index (χ3v) is 3.83. The Hall–Kier alpha value is -1.52. The van der Waals surface area contributed by atoms with Crippen molar-refractivity contribution in [1.82, 2.24) is 9.78 Å². The lowest BCUT2D eigenvalue weighted by atomic mass is 10.0. The summed E-state index contributed by atoms with van der Waals surface area (Å²) in [6.07, 6.45) is 1.65. The molecule has 0 bridgehead atoms. The van der Waals surface area contributed by atoms with E-state index in [1.54, 1.807) is 13.2 Å². The molecule has 0 fully saturated rings. The molecule has 1 atom stereocenters. The molecular formula is C16H22ClN3O. The number of ether oxygens (including phenoxy) is 1. The van der Waals surface area contributed by atoms with Crippen LogP contribution in [0.2, 0.25) is 5.02 Å². The fraction of sp³-hybridized carbons (Fsp3) is 0.438. The van der Waals surface area contributed by atoms with Crippen LogP contribution in [0, 0.1) is 0 Å². The number of aryl methyl sites for hydroxylation is 2. The molecule has 1 heterocycles. The molecule has 4 nitrogen and oxygen atoms in total. The number of aromatic nitrogens is 2. The minimum atomic E-state index is -0.149. The minimum Gasteiger partial charge on any atom is -0.496 e. The molecule has 1 aromatic carbocycles. The van der Waals surface area contributed by atoms with E-state index in [0.29, 0.717) is 5.02 Å². The first-order valence-electron chi connectivity index (χ1n) is 7.23. The number of nitrogens with two attached hydrogens (primary N) is 1. The fourth-order valence-electron chi connectivity index (χ4n) is 2.45. The number of benzene rings is 1. The molecule has 2 aromatic rings. The summed E-state index contributed by atoms with van der Waals surface area (Å²) in [7, 11) is 1.63. The Morgan fingerprint density at radius 3 is 2.71 bits per heavy atom. The first-order chi connectivity index (χ1) is 10.1. The summed E-state index contributed by atoms with van der Waals surface area (Å²) < 4.78 is 7.40. The van der Waals surface area contributed by atoms with Crippen molar-refractivity contribution >= 4 is 11.6 Å². The molecule has 0 aliphatic rings. The molecule has 5 heteroatoms. The summed E-state index contributed by atoms with van der Waals surface area (Å²) in [5, 5.41) is 5.21. The number of rotatable bonds is 6. The van der Waals surface area contributed by atoms with Gasteiger partial charge in [-0.3, -0.25) is 4.68 Å². The highest BCUT2D eigenvalue weighted by Gasteiger charge is 2.16. The van der Waals surface area contributed by atoms with Crippen molar-refractivity contribution in [3.8, 4) is 5.75 Å². The maximum absolute atomic E-state index is 6.36. The molecule has 114 valence electrons. The molecule has 0 radical (unpaired) electrons. The lowest BCUT2D eigenvalue weighted by Gasteiger charge is -2.16. The molecule has 0 spiro atoms. The molecule has 2 rings (SSSR count). The molecule has 0 aliphatic carbocycles. The van der Waals surface area contributed by atoms with Crippen LogP contribution in [0.25, 0.3) is 0 Å². The zero-order valence-corrected chi connectivity index (χ0v) is 13.5. The van der Waals surface area contributed by atoms with Gasteiger partial charge >= 0.3 is 0 Å². The van der Waals surface area contributed by atoms with Crippen molar-refractivity contribution in [2.45, 2.75) is 39.3 Å². The van der Waals surface area contributed by atoms with Crippen molar-refractivity contribution < 1.29 is 4.74 Å². The first-order valence-corrected chi connectivity index (χ1v) is 7.61. The average molecular weight is 308 g/mol. The van der Waals surface area contributed by atoms with Gasteiger partial charge < -0.3 is 10.5 Å². The highest BCUT2D eigenvalue weighted by Crippen LogP contribution is 2.29. The van der Waals surface area contributed by atoms with E-state index in [2.05, 4.69) is 25.0 Å². The van der Waals surface area contributed by atoms with Crippen LogP contribution in [-0.2, 0) is 19.4 Å². The largest absolute Gasteiger partial charge is 0.496 e. The Kier molecular flexibility index (Phi) is 5.26. The van der Waals surface area contributed by atoms with E-state index in [0.717, 1.165) is 42.1 Å². The third-order valence-electron chi connectivity index (χ3n) is 3.60. The second-order valence-electron chi connectivity index (χ2n) is 4.99. The van der Waals surface area contributed by atoms with Crippen molar-refractivity contribution in [1.29, 1.82) is 0 Å². The van der Waals surface area contributed by atoms with E-state index in [1.807, 2.05) is 16.8 Å². The summed E-state index contributed by atoms with van der Waals surface area (Å²) in [6.45, 7) is 5.04. The van der Waals surface area contributed by atoms with Crippen LogP contribution in [0.3, 0.4) is 0 Å². The van der Waals surface area contributed by atoms with Gasteiger partial charge in [0.1, 0.15) is 5.75 Å². The van der Waals surface area contributed by atoms with Crippen LogP contribution in [0.4, 0.5) is 0 Å². The molecule has 0 aliphatic heterocycles. The van der Waals surface area contributed by atoms with Gasteiger partial charge in [0, 0.05) is 35.3 Å². The second-order valence-corrected chi connectivity index (χ2v) is 5.43. The maximum Gasteiger partial charge on any atom is 0.125 e. The topological polar surface area (TPSA) is 53.1 Å². The smallest absolute Gasteiger partial charge is 0.125 e. The standard InChI is InChI=1S/C16H22ClN3O/c1-4-12-9-13(20(5-2)19-12)10-15(18)14-7-6-11(17)8-16(14)21-3/h6-9,15H,4-5,10,18H2,1-3H3. The minimum absolute atomic E-state index is 0.149. The molecule has 21 heavy (non-hydrogen) atoms. The monoisotopic (exact) mass is 307 g/mol. The Bertz CT molecular complexity index is 610. The van der Waals surface area contributed by atoms with Gasteiger partial charge in [-0.05, 0) is 31.5 Å². The van der Waals surface area contributed by atoms with E-state index < -0.39 is 0 Å². The van der Waals surface area contributed by atoms with Gasteiger partial charge in [-0.25, -0.2) is 0 Å². The molecular weight excluding hydrogens is 286 g/mol. The molecule has 1 unspecified atom stereocenters. The Labute approximate surface area is 130 Å². The van der Waals surface area contributed by atoms with Crippen molar-refractivity contribution in [2.24, 2.45) is 5.73 Å². The zero-order chi connectivity index (χ0) is 15.4. The van der Waals surface area contributed by atoms with Crippen molar-refractivity contribution in [3.63, 3.8) is 0 Å². The van der Waals surface area contributed by atoms with E-state index >= 15 is 0 Å². The van der Waals surface area contributed by atoms with E-state index in [-0.39, 0.29) is 6.04 Å². The quantitative estimate of drug-likeness (QED) is 0.890. The zero-order valence-electron chi connectivity index (χ0n) is 12.8. The maximum atomic E-state index is 6.36. The second kappa shape index (κ2) is 6.96. The molecule has 1 aromatic heterocycles. The Morgan fingerprint density at radius 2 is 2.10 bits per heavy atom. The molecule has 2 N–H and O–H groups in total. The van der Waals surface area contributed by atoms with Gasteiger partial charge in [-0.2, -0.15) is 5.10 Å². The summed E-state index contributed by atoms with van der Waals surface area (Å²) in [5.74, 6) is 0.730. The van der Waals surface area contributed by atoms with Crippen LogP contribution in [0.15, 0.2) is 24.3 Å². The first kappa shape index (κ1) is 15.9. The summed E-state index contributed by atoms with van der Waals surface area (Å²) in [5.41, 5.74) is 9.58. The van der Waals surface area contributed by atoms with E-state index in [9.17, 15) is 0 Å². The number of halogens is 1. The lowest BCUT2D eigenvalue weighted by molar-refractivity contribution is 0.405. The normalized spacial score (nSPS) is 12.4.